The molecule has 0 N–H and O–H groups in total. The third-order valence-corrected chi connectivity index (χ3v) is 10.4. The van der Waals surface area contributed by atoms with Crippen molar-refractivity contribution in [2.75, 3.05) is 35.8 Å². The molecule has 1 fully saturated rings. The zero-order valence-corrected chi connectivity index (χ0v) is 28.3. The zero-order valence-electron chi connectivity index (χ0n) is 24.4. The molecule has 1 aliphatic rings. The minimum Gasteiger partial charge on any atom is -0.356 e. The molecule has 4 aromatic rings. The number of hydrogen-bond acceptors (Lipinski definition) is 7. The molecule has 3 heterocycles. The number of halogens is 7. The van der Waals surface area contributed by atoms with Gasteiger partial charge >= 0.3 is 14.1 Å². The molecule has 244 valence electrons. The third-order valence-electron chi connectivity index (χ3n) is 6.80. The smallest absolute Gasteiger partial charge is 0.324 e. The predicted molar refractivity (Wildman–Crippen MR) is 171 cm³/mol. The maximum Gasteiger partial charge on any atom is 0.324 e. The molecule has 0 atom stereocenters. The van der Waals surface area contributed by atoms with Gasteiger partial charge in [0.15, 0.2) is 0 Å². The Bertz CT molecular complexity index is 1740. The average Bonchev–Trinajstić information content (AvgIpc) is 3.40. The number of piperidine rings is 1. The highest BCUT2D eigenvalue weighted by Gasteiger charge is 2.36. The van der Waals surface area contributed by atoms with Crippen molar-refractivity contribution in [1.29, 1.82) is 0 Å². The molecule has 0 bridgehead atoms. The van der Waals surface area contributed by atoms with E-state index in [-0.39, 0.29) is 34.1 Å². The fraction of sp³-hybridized carbons (Fsp3) is 0.370. The first-order chi connectivity index (χ1) is 21.0. The van der Waals surface area contributed by atoms with Crippen LogP contribution in [0.3, 0.4) is 0 Å². The maximum atomic E-state index is 14.5. The predicted octanol–water partition coefficient (Wildman–Crippen LogP) is 7.41. The van der Waals surface area contributed by atoms with Crippen molar-refractivity contribution in [3.63, 3.8) is 0 Å². The van der Waals surface area contributed by atoms with E-state index in [1.165, 1.54) is 24.9 Å². The maximum absolute atomic E-state index is 14.5. The molecule has 5 rings (SSSR count). The van der Waals surface area contributed by atoms with E-state index in [0.29, 0.717) is 37.0 Å². The topological polar surface area (TPSA) is 86.9 Å². The number of anilines is 2. The first-order valence-corrected chi connectivity index (χ1v) is 16.6. The quantitative estimate of drug-likeness (QED) is 0.0848. The molecule has 0 aliphatic carbocycles. The number of alkyl halides is 3. The summed E-state index contributed by atoms with van der Waals surface area (Å²) in [5.41, 5.74) is 0.830. The Morgan fingerprint density at radius 3 is 2.13 bits per heavy atom. The number of nitrogens with zero attached hydrogens (tertiary/aromatic N) is 7. The largest absolute Gasteiger partial charge is 0.356 e. The molecule has 2 aromatic carbocycles. The molecular formula is C27H28Cl3F4N7O2S2. The number of rotatable bonds is 7. The van der Waals surface area contributed by atoms with Crippen molar-refractivity contribution < 1.29 is 26.0 Å². The third kappa shape index (κ3) is 8.24. The van der Waals surface area contributed by atoms with E-state index in [1.54, 1.807) is 24.3 Å². The summed E-state index contributed by atoms with van der Waals surface area (Å²) >= 11 is 17.0. The summed E-state index contributed by atoms with van der Waals surface area (Å²) in [6, 6.07) is 7.75. The van der Waals surface area contributed by atoms with Gasteiger partial charge in [-0.15, -0.1) is 0 Å². The average molecular weight is 729 g/mol. The molecule has 1 aliphatic heterocycles. The van der Waals surface area contributed by atoms with E-state index in [2.05, 4.69) is 22.0 Å². The van der Waals surface area contributed by atoms with E-state index in [1.807, 2.05) is 11.8 Å². The zero-order chi connectivity index (χ0) is 33.3. The van der Waals surface area contributed by atoms with Gasteiger partial charge in [0.1, 0.15) is 34.7 Å². The lowest BCUT2D eigenvalue weighted by atomic mass is 9.98. The standard InChI is InChI=1S/C17H15ClF3N5.C10H13Cl2FN2O2S2/c1-9-2-4-25(5-3-9)16-14(13-11(20)6-10(19)7-12(13)21)15(18)24-17-22-8-23-26(16)17;1-8-4-6-9(7-5-8)15(18-10(11,12)13)19(16,17)14(2)3/h6-9H,2-5H2,1H3;4-7H,1-3H3. The lowest BCUT2D eigenvalue weighted by Gasteiger charge is -2.33. The number of aryl methyl sites for hydroxylation is 1. The van der Waals surface area contributed by atoms with Crippen molar-refractivity contribution in [1.82, 2.24) is 23.9 Å². The summed E-state index contributed by atoms with van der Waals surface area (Å²) in [5, 5.41) is 4.03. The Morgan fingerprint density at radius 2 is 1.60 bits per heavy atom. The van der Waals surface area contributed by atoms with Crippen molar-refractivity contribution in [2.24, 2.45) is 5.92 Å². The van der Waals surface area contributed by atoms with E-state index in [9.17, 15) is 26.0 Å². The van der Waals surface area contributed by atoms with Crippen LogP contribution in [0.25, 0.3) is 16.9 Å². The van der Waals surface area contributed by atoms with Gasteiger partial charge in [-0.25, -0.2) is 13.2 Å². The molecule has 18 heteroatoms. The second-order valence-corrected chi connectivity index (χ2v) is 15.8. The summed E-state index contributed by atoms with van der Waals surface area (Å²) in [4.78, 5) is 10.1. The van der Waals surface area contributed by atoms with Crippen LogP contribution in [0.15, 0.2) is 42.7 Å². The molecule has 0 radical (unpaired) electrons. The summed E-state index contributed by atoms with van der Waals surface area (Å²) in [7, 11) is -1.25. The van der Waals surface area contributed by atoms with Crippen LogP contribution in [0.2, 0.25) is 5.15 Å². The Kier molecular flexibility index (Phi) is 11.0. The van der Waals surface area contributed by atoms with E-state index >= 15 is 0 Å². The van der Waals surface area contributed by atoms with Crippen LogP contribution in [0.4, 0.5) is 29.1 Å². The first-order valence-electron chi connectivity index (χ1n) is 13.3. The number of aromatic nitrogens is 4. The van der Waals surface area contributed by atoms with E-state index in [4.69, 9.17) is 34.8 Å². The molecule has 0 saturated carbocycles. The minimum absolute atomic E-state index is 0.0502. The molecule has 45 heavy (non-hydrogen) atoms. The van der Waals surface area contributed by atoms with Crippen LogP contribution < -0.4 is 8.61 Å². The Balaban J connectivity index is 0.000000217. The lowest BCUT2D eigenvalue weighted by Crippen LogP contribution is -2.37. The van der Waals surface area contributed by atoms with E-state index < -0.39 is 37.1 Å². The van der Waals surface area contributed by atoms with Gasteiger partial charge in [-0.2, -0.15) is 40.4 Å². The monoisotopic (exact) mass is 727 g/mol. The van der Waals surface area contributed by atoms with Gasteiger partial charge in [-0.3, -0.25) is 0 Å². The lowest BCUT2D eigenvalue weighted by molar-refractivity contribution is 0.435. The Hall–Kier alpha value is -2.56. The van der Waals surface area contributed by atoms with Crippen LogP contribution in [-0.2, 0) is 10.2 Å². The van der Waals surface area contributed by atoms with Crippen LogP contribution in [0, 0.1) is 30.3 Å². The normalized spacial score (nSPS) is 14.5. The summed E-state index contributed by atoms with van der Waals surface area (Å²) in [5.74, 6) is -1.89. The molecule has 0 amide bonds. The molecule has 0 unspecified atom stereocenters. The van der Waals surface area contributed by atoms with E-state index in [0.717, 1.165) is 26.4 Å². The number of fused-ring (bicyclic) bond motifs is 1. The molecule has 1 saturated heterocycles. The highest BCUT2D eigenvalue weighted by molar-refractivity contribution is 8.15. The summed E-state index contributed by atoms with van der Waals surface area (Å²) < 4.78 is 80.3. The fourth-order valence-corrected chi connectivity index (χ4v) is 7.55. The van der Waals surface area contributed by atoms with Gasteiger partial charge in [-0.1, -0.05) is 59.4 Å². The summed E-state index contributed by atoms with van der Waals surface area (Å²) in [6.45, 7) is 5.36. The van der Waals surface area contributed by atoms with Gasteiger partial charge in [0.25, 0.3) is 5.78 Å². The van der Waals surface area contributed by atoms with Crippen LogP contribution >= 0.6 is 46.8 Å². The molecule has 2 aromatic heterocycles. The van der Waals surface area contributed by atoms with Crippen molar-refractivity contribution in [3.05, 3.63) is 70.9 Å². The van der Waals surface area contributed by atoms with Gasteiger partial charge in [-0.05, 0) is 37.8 Å². The molecule has 9 nitrogen and oxygen atoms in total. The van der Waals surface area contributed by atoms with Crippen LogP contribution in [0.1, 0.15) is 25.3 Å². The second-order valence-electron chi connectivity index (χ2n) is 10.4. The minimum atomic E-state index is -3.92. The Morgan fingerprint density at radius 1 is 1.02 bits per heavy atom. The number of hydrogen-bond donors (Lipinski definition) is 0. The van der Waals surface area contributed by atoms with Crippen LogP contribution in [0.5, 0.6) is 0 Å². The highest BCUT2D eigenvalue weighted by Crippen LogP contribution is 2.43. The van der Waals surface area contributed by atoms with Gasteiger partial charge in [0.05, 0.1) is 16.8 Å². The highest BCUT2D eigenvalue weighted by atomic mass is 35.5. The second kappa shape index (κ2) is 14.1. The molecule has 0 spiro atoms. The molecular weight excluding hydrogens is 701 g/mol. The van der Waals surface area contributed by atoms with Gasteiger partial charge in [0.2, 0.25) is 0 Å². The number of benzene rings is 2. The fourth-order valence-electron chi connectivity index (χ4n) is 4.45. The van der Waals surface area contributed by atoms with Gasteiger partial charge < -0.3 is 4.90 Å². The SMILES string of the molecule is CC1CCN(c2c(-c3c(F)cc(F)cc3F)c(Cl)nc3ncnn23)CC1.Cc1ccc(N(SC(F)(Cl)Cl)S(=O)(=O)N(C)C)cc1. The van der Waals surface area contributed by atoms with Gasteiger partial charge in [0, 0.05) is 51.3 Å². The van der Waals surface area contributed by atoms with Crippen molar-refractivity contribution in [3.8, 4) is 11.1 Å². The van der Waals surface area contributed by atoms with Crippen molar-refractivity contribution >= 4 is 74.2 Å². The van der Waals surface area contributed by atoms with Crippen molar-refractivity contribution in [2.45, 2.75) is 30.6 Å². The summed E-state index contributed by atoms with van der Waals surface area (Å²) in [6.07, 6.45) is 3.14. The first kappa shape index (κ1) is 35.3. The van der Waals surface area contributed by atoms with Crippen LogP contribution in [-0.4, -0.2) is 63.4 Å². The Labute approximate surface area is 277 Å².